The lowest BCUT2D eigenvalue weighted by molar-refractivity contribution is -0.164. The van der Waals surface area contributed by atoms with Gasteiger partial charge in [0.15, 0.2) is 22.0 Å². The average molecular weight is 467 g/mol. The Morgan fingerprint density at radius 3 is 2.24 bits per heavy atom. The first-order chi connectivity index (χ1) is 15.8. The Labute approximate surface area is 190 Å². The molecule has 0 N–H and O–H groups in total. The van der Waals surface area contributed by atoms with Crippen LogP contribution in [-0.4, -0.2) is 56.4 Å². The highest BCUT2D eigenvalue weighted by atomic mass is 32.2. The molecule has 2 saturated heterocycles. The van der Waals surface area contributed by atoms with E-state index in [2.05, 4.69) is 10.3 Å². The van der Waals surface area contributed by atoms with Crippen LogP contribution in [0.15, 0.2) is 73.1 Å². The van der Waals surface area contributed by atoms with E-state index in [-0.39, 0.29) is 18.9 Å². The second-order valence-corrected chi connectivity index (χ2v) is 11.0. The molecule has 3 heterocycles. The molecule has 2 fully saturated rings. The van der Waals surface area contributed by atoms with E-state index in [0.29, 0.717) is 0 Å². The summed E-state index contributed by atoms with van der Waals surface area (Å²) in [7, 11) is -3.88. The number of fused-ring (bicyclic) bond motifs is 1. The van der Waals surface area contributed by atoms with Gasteiger partial charge >= 0.3 is 5.97 Å². The predicted octanol–water partition coefficient (Wildman–Crippen LogP) is 1.72. The summed E-state index contributed by atoms with van der Waals surface area (Å²) < 4.78 is 32.6. The number of sulfone groups is 1. The minimum absolute atomic E-state index is 0.128. The number of esters is 1. The molecular weight excluding hydrogens is 444 g/mol. The molecule has 2 aromatic carbocycles. The van der Waals surface area contributed by atoms with Gasteiger partial charge in [0.1, 0.15) is 10.1 Å². The molecule has 0 radical (unpaired) electrons. The van der Waals surface area contributed by atoms with Crippen LogP contribution in [0.2, 0.25) is 0 Å². The summed E-state index contributed by atoms with van der Waals surface area (Å²) in [5, 5.41) is 6.57. The first-order valence-electron chi connectivity index (χ1n) is 10.5. The molecule has 1 aromatic heterocycles. The number of carbonyl (C=O) groups excluding carboxylic acids is 2. The van der Waals surface area contributed by atoms with Gasteiger partial charge in [0, 0.05) is 6.20 Å². The maximum Gasteiger partial charge on any atom is 0.331 e. The van der Waals surface area contributed by atoms with Gasteiger partial charge in [0.2, 0.25) is 5.91 Å². The number of ether oxygens (including phenoxy) is 1. The quantitative estimate of drug-likeness (QED) is 0.402. The van der Waals surface area contributed by atoms with Crippen molar-refractivity contribution < 1.29 is 22.7 Å². The van der Waals surface area contributed by atoms with Gasteiger partial charge in [-0.1, -0.05) is 65.9 Å². The molecule has 10 heteroatoms. The van der Waals surface area contributed by atoms with Crippen molar-refractivity contribution in [2.75, 3.05) is 0 Å². The van der Waals surface area contributed by atoms with Crippen LogP contribution in [0.1, 0.15) is 30.6 Å². The van der Waals surface area contributed by atoms with Gasteiger partial charge in [-0.15, -0.1) is 5.10 Å². The molecule has 3 unspecified atom stereocenters. The van der Waals surface area contributed by atoms with Crippen LogP contribution >= 0.6 is 0 Å². The van der Waals surface area contributed by atoms with Crippen molar-refractivity contribution >= 4 is 21.7 Å². The third-order valence-corrected chi connectivity index (χ3v) is 9.18. The monoisotopic (exact) mass is 466 g/mol. The van der Waals surface area contributed by atoms with Gasteiger partial charge in [-0.25, -0.2) is 13.2 Å². The standard InChI is InChI=1S/C23H22N4O5S/c1-23(15-26-13-12-24-25-26)21(27-18(28)14-19(27)33(23,30)31)22(29)32-20(16-8-4-2-5-9-16)17-10-6-3-7-11-17/h2-13,19-21H,14-15H2,1H3. The molecule has 0 saturated carbocycles. The van der Waals surface area contributed by atoms with Crippen molar-refractivity contribution in [1.29, 1.82) is 0 Å². The molecule has 0 aliphatic carbocycles. The number of benzene rings is 2. The number of rotatable bonds is 6. The topological polar surface area (TPSA) is 111 Å². The van der Waals surface area contributed by atoms with E-state index < -0.39 is 38.1 Å². The number of amides is 1. The third kappa shape index (κ3) is 3.32. The molecule has 0 bridgehead atoms. The molecule has 170 valence electrons. The van der Waals surface area contributed by atoms with Gasteiger partial charge in [-0.2, -0.15) is 0 Å². The normalized spacial score (nSPS) is 25.5. The van der Waals surface area contributed by atoms with E-state index in [0.717, 1.165) is 16.0 Å². The SMILES string of the molecule is CC1(Cn2ccnn2)C(C(=O)OC(c2ccccc2)c2ccccc2)N2C(=O)CC2S1(=O)=O. The highest BCUT2D eigenvalue weighted by Gasteiger charge is 2.70. The number of nitrogens with zero attached hydrogens (tertiary/aromatic N) is 4. The van der Waals surface area contributed by atoms with E-state index in [4.69, 9.17) is 4.74 Å². The smallest absolute Gasteiger partial charge is 0.331 e. The van der Waals surface area contributed by atoms with Crippen LogP contribution in [0.5, 0.6) is 0 Å². The minimum atomic E-state index is -3.88. The van der Waals surface area contributed by atoms with Gasteiger partial charge in [0.25, 0.3) is 0 Å². The Bertz CT molecular complexity index is 1240. The summed E-state index contributed by atoms with van der Waals surface area (Å²) in [6.07, 6.45) is 2.06. The zero-order chi connectivity index (χ0) is 23.2. The lowest BCUT2D eigenvalue weighted by atomic mass is 9.95. The highest BCUT2D eigenvalue weighted by Crippen LogP contribution is 2.47. The van der Waals surface area contributed by atoms with E-state index in [1.807, 2.05) is 60.7 Å². The molecule has 0 spiro atoms. The molecule has 33 heavy (non-hydrogen) atoms. The zero-order valence-electron chi connectivity index (χ0n) is 17.8. The second-order valence-electron chi connectivity index (χ2n) is 8.46. The number of β-lactam (4-membered cyclic amide) rings is 1. The van der Waals surface area contributed by atoms with E-state index in [1.165, 1.54) is 24.0 Å². The number of hydrogen-bond donors (Lipinski definition) is 0. The maximum atomic E-state index is 13.6. The second kappa shape index (κ2) is 7.80. The summed E-state index contributed by atoms with van der Waals surface area (Å²) >= 11 is 0. The van der Waals surface area contributed by atoms with Gasteiger partial charge in [-0.05, 0) is 18.1 Å². The number of aromatic nitrogens is 3. The molecule has 3 atom stereocenters. The summed E-state index contributed by atoms with van der Waals surface area (Å²) in [4.78, 5) is 27.2. The molecule has 5 rings (SSSR count). The van der Waals surface area contributed by atoms with Gasteiger partial charge in [0.05, 0.1) is 19.2 Å². The maximum absolute atomic E-state index is 13.6. The molecule has 2 aliphatic rings. The van der Waals surface area contributed by atoms with Crippen molar-refractivity contribution in [2.45, 2.75) is 42.2 Å². The van der Waals surface area contributed by atoms with Gasteiger partial charge < -0.3 is 9.64 Å². The van der Waals surface area contributed by atoms with Crippen molar-refractivity contribution in [2.24, 2.45) is 0 Å². The minimum Gasteiger partial charge on any atom is -0.451 e. The Morgan fingerprint density at radius 2 is 1.73 bits per heavy atom. The third-order valence-electron chi connectivity index (χ3n) is 6.42. The predicted molar refractivity (Wildman–Crippen MR) is 117 cm³/mol. The number of carbonyl (C=O) groups is 2. The first kappa shape index (κ1) is 21.3. The molecular formula is C23H22N4O5S. The fourth-order valence-electron chi connectivity index (χ4n) is 4.67. The molecule has 1 amide bonds. The van der Waals surface area contributed by atoms with Crippen LogP contribution in [0.3, 0.4) is 0 Å². The Morgan fingerprint density at radius 1 is 1.12 bits per heavy atom. The largest absolute Gasteiger partial charge is 0.451 e. The Kier molecular flexibility index (Phi) is 5.04. The van der Waals surface area contributed by atoms with E-state index >= 15 is 0 Å². The molecule has 9 nitrogen and oxygen atoms in total. The van der Waals surface area contributed by atoms with Crippen LogP contribution in [0.25, 0.3) is 0 Å². The average Bonchev–Trinajstić information content (AvgIpc) is 3.36. The highest BCUT2D eigenvalue weighted by molar-refractivity contribution is 7.93. The van der Waals surface area contributed by atoms with Crippen molar-refractivity contribution in [1.82, 2.24) is 19.9 Å². The zero-order valence-corrected chi connectivity index (χ0v) is 18.6. The van der Waals surface area contributed by atoms with Gasteiger partial charge in [-0.3, -0.25) is 9.48 Å². The fraction of sp³-hybridized carbons (Fsp3) is 0.304. The lowest BCUT2D eigenvalue weighted by Gasteiger charge is -2.37. The van der Waals surface area contributed by atoms with Crippen LogP contribution < -0.4 is 0 Å². The molecule has 2 aliphatic heterocycles. The Hall–Kier alpha value is -3.53. The van der Waals surface area contributed by atoms with E-state index in [1.54, 1.807) is 0 Å². The summed E-state index contributed by atoms with van der Waals surface area (Å²) in [5.41, 5.74) is 1.48. The van der Waals surface area contributed by atoms with E-state index in [9.17, 15) is 18.0 Å². The summed E-state index contributed by atoms with van der Waals surface area (Å²) in [6.45, 7) is 1.35. The van der Waals surface area contributed by atoms with Crippen LogP contribution in [0.4, 0.5) is 0 Å². The number of hydrogen-bond acceptors (Lipinski definition) is 7. The Balaban J connectivity index is 1.54. The fourth-order valence-corrected chi connectivity index (χ4v) is 7.03. The van der Waals surface area contributed by atoms with Crippen molar-refractivity contribution in [3.8, 4) is 0 Å². The van der Waals surface area contributed by atoms with Crippen LogP contribution in [0, 0.1) is 0 Å². The summed E-state index contributed by atoms with van der Waals surface area (Å²) in [6, 6.07) is 17.1. The summed E-state index contributed by atoms with van der Waals surface area (Å²) in [5.74, 6) is -1.15. The van der Waals surface area contributed by atoms with Crippen molar-refractivity contribution in [3.05, 3.63) is 84.2 Å². The van der Waals surface area contributed by atoms with Crippen molar-refractivity contribution in [3.63, 3.8) is 0 Å². The molecule has 3 aromatic rings. The van der Waals surface area contributed by atoms with Crippen LogP contribution in [-0.2, 0) is 30.7 Å². The first-order valence-corrected chi connectivity index (χ1v) is 12.1. The lowest BCUT2D eigenvalue weighted by Crippen LogP contribution is -2.58.